The van der Waals surface area contributed by atoms with Gasteiger partial charge in [0.1, 0.15) is 5.15 Å². The number of nitrogens with zero attached hydrogens (tertiary/aromatic N) is 2. The van der Waals surface area contributed by atoms with E-state index in [1.165, 1.54) is 0 Å². The van der Waals surface area contributed by atoms with Crippen molar-refractivity contribution in [3.63, 3.8) is 0 Å². The lowest BCUT2D eigenvalue weighted by molar-refractivity contribution is 0.201. The van der Waals surface area contributed by atoms with E-state index in [9.17, 15) is 0 Å². The zero-order valence-corrected chi connectivity index (χ0v) is 10.1. The molecule has 2 heterocycles. The average molecular weight is 242 g/mol. The van der Waals surface area contributed by atoms with Crippen LogP contribution in [-0.2, 0) is 0 Å². The lowest BCUT2D eigenvalue weighted by Gasteiger charge is -2.22. The molecule has 1 aromatic heterocycles. The summed E-state index contributed by atoms with van der Waals surface area (Å²) in [4.78, 5) is 8.22. The van der Waals surface area contributed by atoms with Crippen molar-refractivity contribution in [3.8, 4) is 6.01 Å². The van der Waals surface area contributed by atoms with E-state index < -0.39 is 0 Å². The number of hydrogen-bond acceptors (Lipinski definition) is 4. The zero-order chi connectivity index (χ0) is 11.4. The molecule has 0 atom stereocenters. The molecule has 88 valence electrons. The van der Waals surface area contributed by atoms with Crippen LogP contribution in [0.5, 0.6) is 6.01 Å². The molecule has 1 N–H and O–H groups in total. The van der Waals surface area contributed by atoms with Gasteiger partial charge in [-0.1, -0.05) is 11.6 Å². The molecule has 4 nitrogen and oxygen atoms in total. The van der Waals surface area contributed by atoms with Gasteiger partial charge in [0.15, 0.2) is 0 Å². The van der Waals surface area contributed by atoms with E-state index in [0.717, 1.165) is 31.6 Å². The molecule has 1 aromatic rings. The van der Waals surface area contributed by atoms with Crippen LogP contribution < -0.4 is 10.1 Å². The third kappa shape index (κ3) is 3.32. The third-order valence-electron chi connectivity index (χ3n) is 2.71. The van der Waals surface area contributed by atoms with E-state index in [2.05, 4.69) is 15.3 Å². The first kappa shape index (κ1) is 11.6. The van der Waals surface area contributed by atoms with Crippen LogP contribution in [0.4, 0.5) is 0 Å². The van der Waals surface area contributed by atoms with Crippen LogP contribution in [0, 0.1) is 12.8 Å². The van der Waals surface area contributed by atoms with E-state index >= 15 is 0 Å². The molecular weight excluding hydrogens is 226 g/mol. The standard InChI is InChI=1S/C11H16ClN3O/c1-8-6-10(12)15-11(14-8)16-7-9-2-4-13-5-3-9/h6,9,13H,2-5,7H2,1H3. The largest absolute Gasteiger partial charge is 0.463 e. The average Bonchev–Trinajstić information content (AvgIpc) is 2.27. The number of rotatable bonds is 3. The Labute approximate surface area is 100 Å². The quantitative estimate of drug-likeness (QED) is 0.820. The highest BCUT2D eigenvalue weighted by Crippen LogP contribution is 2.15. The summed E-state index contributed by atoms with van der Waals surface area (Å²) in [5.41, 5.74) is 0.834. The lowest BCUT2D eigenvalue weighted by Crippen LogP contribution is -2.30. The smallest absolute Gasteiger partial charge is 0.318 e. The Morgan fingerprint density at radius 3 is 2.88 bits per heavy atom. The molecule has 0 spiro atoms. The molecule has 0 aliphatic carbocycles. The van der Waals surface area contributed by atoms with Crippen molar-refractivity contribution in [2.24, 2.45) is 5.92 Å². The molecule has 0 saturated carbocycles. The number of aromatic nitrogens is 2. The summed E-state index contributed by atoms with van der Waals surface area (Å²) in [5, 5.41) is 3.76. The van der Waals surface area contributed by atoms with Crippen molar-refractivity contribution in [2.45, 2.75) is 19.8 Å². The summed E-state index contributed by atoms with van der Waals surface area (Å²) in [6, 6.07) is 2.11. The lowest BCUT2D eigenvalue weighted by atomic mass is 9.99. The fourth-order valence-corrected chi connectivity index (χ4v) is 2.04. The van der Waals surface area contributed by atoms with Crippen LogP contribution in [0.15, 0.2) is 6.07 Å². The minimum Gasteiger partial charge on any atom is -0.463 e. The summed E-state index contributed by atoms with van der Waals surface area (Å²) in [5.74, 6) is 0.601. The van der Waals surface area contributed by atoms with E-state index in [-0.39, 0.29) is 0 Å². The topological polar surface area (TPSA) is 47.0 Å². The van der Waals surface area contributed by atoms with Crippen LogP contribution in [0.25, 0.3) is 0 Å². The first-order valence-electron chi connectivity index (χ1n) is 5.59. The van der Waals surface area contributed by atoms with Gasteiger partial charge in [-0.2, -0.15) is 4.98 Å². The maximum absolute atomic E-state index is 5.83. The Hall–Kier alpha value is -0.870. The van der Waals surface area contributed by atoms with Crippen molar-refractivity contribution in [2.75, 3.05) is 19.7 Å². The fraction of sp³-hybridized carbons (Fsp3) is 0.636. The molecular formula is C11H16ClN3O. The Kier molecular flexibility index (Phi) is 3.96. The predicted octanol–water partition coefficient (Wildman–Crippen LogP) is 1.82. The van der Waals surface area contributed by atoms with Gasteiger partial charge in [-0.25, -0.2) is 4.98 Å². The van der Waals surface area contributed by atoms with E-state index in [0.29, 0.717) is 23.7 Å². The summed E-state index contributed by atoms with van der Waals surface area (Å²) in [6.45, 7) is 4.71. The van der Waals surface area contributed by atoms with Gasteiger partial charge >= 0.3 is 6.01 Å². The fourth-order valence-electron chi connectivity index (χ4n) is 1.81. The number of nitrogens with one attached hydrogen (secondary N) is 1. The van der Waals surface area contributed by atoms with Gasteiger partial charge in [0, 0.05) is 5.69 Å². The number of halogens is 1. The van der Waals surface area contributed by atoms with Gasteiger partial charge in [-0.05, 0) is 44.8 Å². The van der Waals surface area contributed by atoms with E-state index in [1.54, 1.807) is 6.07 Å². The number of aryl methyl sites for hydroxylation is 1. The minimum absolute atomic E-state index is 0.392. The number of piperidine rings is 1. The third-order valence-corrected chi connectivity index (χ3v) is 2.90. The monoisotopic (exact) mass is 241 g/mol. The first-order chi connectivity index (χ1) is 7.74. The van der Waals surface area contributed by atoms with Gasteiger partial charge in [-0.15, -0.1) is 0 Å². The maximum Gasteiger partial charge on any atom is 0.318 e. The molecule has 1 saturated heterocycles. The van der Waals surface area contributed by atoms with Crippen LogP contribution >= 0.6 is 11.6 Å². The first-order valence-corrected chi connectivity index (χ1v) is 5.96. The highest BCUT2D eigenvalue weighted by molar-refractivity contribution is 6.29. The molecule has 0 aromatic carbocycles. The second-order valence-electron chi connectivity index (χ2n) is 4.12. The molecule has 0 amide bonds. The molecule has 0 bridgehead atoms. The predicted molar refractivity (Wildman–Crippen MR) is 62.9 cm³/mol. The molecule has 1 aliphatic rings. The van der Waals surface area contributed by atoms with Crippen LogP contribution in [-0.4, -0.2) is 29.7 Å². The van der Waals surface area contributed by atoms with Crippen molar-refractivity contribution in [1.29, 1.82) is 0 Å². The van der Waals surface area contributed by atoms with Gasteiger partial charge in [0.25, 0.3) is 0 Å². The Morgan fingerprint density at radius 2 is 2.19 bits per heavy atom. The van der Waals surface area contributed by atoms with Gasteiger partial charge in [0.2, 0.25) is 0 Å². The normalized spacial score (nSPS) is 17.4. The molecule has 2 rings (SSSR count). The van der Waals surface area contributed by atoms with Gasteiger partial charge in [0.05, 0.1) is 6.61 Å². The number of hydrogen-bond donors (Lipinski definition) is 1. The minimum atomic E-state index is 0.392. The second-order valence-corrected chi connectivity index (χ2v) is 4.51. The summed E-state index contributed by atoms with van der Waals surface area (Å²) in [6.07, 6.45) is 2.30. The molecule has 5 heteroatoms. The molecule has 1 fully saturated rings. The Bertz CT molecular complexity index is 333. The van der Waals surface area contributed by atoms with Crippen molar-refractivity contribution < 1.29 is 4.74 Å². The van der Waals surface area contributed by atoms with Crippen LogP contribution in [0.2, 0.25) is 5.15 Å². The Balaban J connectivity index is 1.88. The van der Waals surface area contributed by atoms with Gasteiger partial charge in [-0.3, -0.25) is 0 Å². The van der Waals surface area contributed by atoms with Crippen molar-refractivity contribution in [1.82, 2.24) is 15.3 Å². The van der Waals surface area contributed by atoms with Crippen LogP contribution in [0.1, 0.15) is 18.5 Å². The molecule has 16 heavy (non-hydrogen) atoms. The van der Waals surface area contributed by atoms with E-state index in [4.69, 9.17) is 16.3 Å². The number of ether oxygens (including phenoxy) is 1. The maximum atomic E-state index is 5.83. The molecule has 0 radical (unpaired) electrons. The van der Waals surface area contributed by atoms with Gasteiger partial charge < -0.3 is 10.1 Å². The second kappa shape index (κ2) is 5.46. The van der Waals surface area contributed by atoms with E-state index in [1.807, 2.05) is 6.92 Å². The highest BCUT2D eigenvalue weighted by atomic mass is 35.5. The Morgan fingerprint density at radius 1 is 1.44 bits per heavy atom. The van der Waals surface area contributed by atoms with Crippen LogP contribution in [0.3, 0.4) is 0 Å². The molecule has 0 unspecified atom stereocenters. The van der Waals surface area contributed by atoms with Crippen molar-refractivity contribution in [3.05, 3.63) is 16.9 Å². The SMILES string of the molecule is Cc1cc(Cl)nc(OCC2CCNCC2)n1. The summed E-state index contributed by atoms with van der Waals surface area (Å²) < 4.78 is 5.57. The zero-order valence-electron chi connectivity index (χ0n) is 9.37. The molecule has 1 aliphatic heterocycles. The summed E-state index contributed by atoms with van der Waals surface area (Å²) in [7, 11) is 0. The summed E-state index contributed by atoms with van der Waals surface area (Å²) >= 11 is 5.83. The van der Waals surface area contributed by atoms with Crippen molar-refractivity contribution >= 4 is 11.6 Å². The highest BCUT2D eigenvalue weighted by Gasteiger charge is 2.14.